The van der Waals surface area contributed by atoms with Crippen LogP contribution in [0.4, 0.5) is 4.39 Å². The fourth-order valence-corrected chi connectivity index (χ4v) is 4.20. The van der Waals surface area contributed by atoms with Crippen LogP contribution in [0.15, 0.2) is 18.2 Å². The summed E-state index contributed by atoms with van der Waals surface area (Å²) >= 11 is 0. The summed E-state index contributed by atoms with van der Waals surface area (Å²) in [6.45, 7) is 0.679. The van der Waals surface area contributed by atoms with E-state index in [1.54, 1.807) is 0 Å². The molecule has 1 aliphatic carbocycles. The lowest BCUT2D eigenvalue weighted by Crippen LogP contribution is -2.41. The molecule has 24 heavy (non-hydrogen) atoms. The van der Waals surface area contributed by atoms with Crippen LogP contribution >= 0.6 is 0 Å². The normalized spacial score (nSPS) is 24.8. The van der Waals surface area contributed by atoms with Crippen LogP contribution in [0.1, 0.15) is 23.2 Å². The molecule has 2 atom stereocenters. The molecular formula is C16H21FN2O4S. The number of carbonyl (C=O) groups is 1. The number of ether oxygens (including phenoxy) is 1. The Morgan fingerprint density at radius 3 is 2.62 bits per heavy atom. The highest BCUT2D eigenvalue weighted by atomic mass is 32.2. The van der Waals surface area contributed by atoms with E-state index in [0.29, 0.717) is 12.5 Å². The number of hydrogen-bond acceptors (Lipinski definition) is 4. The summed E-state index contributed by atoms with van der Waals surface area (Å²) in [6, 6.07) is 3.49. The van der Waals surface area contributed by atoms with Gasteiger partial charge in [0.1, 0.15) is 11.6 Å². The molecule has 0 unspecified atom stereocenters. The summed E-state index contributed by atoms with van der Waals surface area (Å²) < 4.78 is 43.6. The van der Waals surface area contributed by atoms with Crippen molar-refractivity contribution in [3.8, 4) is 5.75 Å². The molecule has 6 nitrogen and oxygen atoms in total. The van der Waals surface area contributed by atoms with E-state index in [1.165, 1.54) is 29.8 Å². The number of rotatable bonds is 5. The molecular weight excluding hydrogens is 335 g/mol. The minimum atomic E-state index is -3.30. The summed E-state index contributed by atoms with van der Waals surface area (Å²) in [4.78, 5) is 12.6. The fraction of sp³-hybridized carbons (Fsp3) is 0.562. The van der Waals surface area contributed by atoms with Crippen molar-refractivity contribution in [2.24, 2.45) is 11.8 Å². The Bertz CT molecular complexity index is 748. The van der Waals surface area contributed by atoms with E-state index in [2.05, 4.69) is 5.32 Å². The van der Waals surface area contributed by atoms with Gasteiger partial charge in [-0.15, -0.1) is 0 Å². The van der Waals surface area contributed by atoms with Gasteiger partial charge in [0, 0.05) is 19.1 Å². The van der Waals surface area contributed by atoms with Crippen LogP contribution in [0.5, 0.6) is 5.75 Å². The molecule has 2 fully saturated rings. The molecule has 2 aliphatic rings. The minimum absolute atomic E-state index is 0.100. The van der Waals surface area contributed by atoms with Crippen LogP contribution in [-0.2, 0) is 10.0 Å². The second-order valence-corrected chi connectivity index (χ2v) is 8.49. The summed E-state index contributed by atoms with van der Waals surface area (Å²) in [7, 11) is -1.88. The van der Waals surface area contributed by atoms with Gasteiger partial charge in [0.15, 0.2) is 0 Å². The molecule has 3 rings (SSSR count). The van der Waals surface area contributed by atoms with E-state index in [-0.39, 0.29) is 29.8 Å². The Morgan fingerprint density at radius 2 is 2.04 bits per heavy atom. The van der Waals surface area contributed by atoms with E-state index >= 15 is 0 Å². The first-order valence-electron chi connectivity index (χ1n) is 7.89. The Balaban J connectivity index is 1.79. The summed E-state index contributed by atoms with van der Waals surface area (Å²) in [6.07, 6.45) is 3.28. The standard InChI is InChI=1S/C16H21FN2O4S/c1-23-15-6-5-11(17)7-12(15)16(20)18-14-9-19(24(2,21)22)8-13(14)10-3-4-10/h5-7,10,13-14H,3-4,8-9H2,1-2H3,(H,18,20)/t13-,14+/m1/s1. The first-order valence-corrected chi connectivity index (χ1v) is 9.74. The molecule has 1 saturated carbocycles. The van der Waals surface area contributed by atoms with Crippen LogP contribution < -0.4 is 10.1 Å². The third-order valence-electron chi connectivity index (χ3n) is 4.75. The van der Waals surface area contributed by atoms with Gasteiger partial charge < -0.3 is 10.1 Å². The van der Waals surface area contributed by atoms with Gasteiger partial charge in [-0.05, 0) is 42.9 Å². The van der Waals surface area contributed by atoms with Gasteiger partial charge >= 0.3 is 0 Å². The van der Waals surface area contributed by atoms with Gasteiger partial charge in [0.2, 0.25) is 10.0 Å². The smallest absolute Gasteiger partial charge is 0.255 e. The van der Waals surface area contributed by atoms with Gasteiger partial charge in [-0.2, -0.15) is 4.31 Å². The van der Waals surface area contributed by atoms with Crippen molar-refractivity contribution in [3.05, 3.63) is 29.6 Å². The Kier molecular flexibility index (Phi) is 4.52. The van der Waals surface area contributed by atoms with Gasteiger partial charge in [-0.25, -0.2) is 12.8 Å². The van der Waals surface area contributed by atoms with E-state index in [1.807, 2.05) is 0 Å². The molecule has 0 bridgehead atoms. The number of nitrogens with one attached hydrogen (secondary N) is 1. The number of benzene rings is 1. The zero-order valence-electron chi connectivity index (χ0n) is 13.7. The van der Waals surface area contributed by atoms with E-state index in [0.717, 1.165) is 18.9 Å². The maximum absolute atomic E-state index is 13.5. The summed E-state index contributed by atoms with van der Waals surface area (Å²) in [5.74, 6) is -0.143. The number of sulfonamides is 1. The molecule has 1 aliphatic heterocycles. The lowest BCUT2D eigenvalue weighted by molar-refractivity contribution is 0.0925. The molecule has 8 heteroatoms. The molecule has 132 valence electrons. The number of hydrogen-bond donors (Lipinski definition) is 1. The molecule has 0 aromatic heterocycles. The van der Waals surface area contributed by atoms with Crippen molar-refractivity contribution in [1.29, 1.82) is 0 Å². The van der Waals surface area contributed by atoms with Crippen molar-refractivity contribution >= 4 is 15.9 Å². The van der Waals surface area contributed by atoms with E-state index in [9.17, 15) is 17.6 Å². The van der Waals surface area contributed by atoms with Crippen molar-refractivity contribution in [1.82, 2.24) is 9.62 Å². The third-order valence-corrected chi connectivity index (χ3v) is 5.99. The second-order valence-electron chi connectivity index (χ2n) is 6.51. The predicted molar refractivity (Wildman–Crippen MR) is 86.8 cm³/mol. The van der Waals surface area contributed by atoms with Crippen molar-refractivity contribution in [3.63, 3.8) is 0 Å². The largest absolute Gasteiger partial charge is 0.496 e. The average Bonchev–Trinajstić information content (AvgIpc) is 3.27. The SMILES string of the molecule is COc1ccc(F)cc1C(=O)N[C@H]1CN(S(C)(=O)=O)C[C@@H]1C1CC1. The van der Waals surface area contributed by atoms with E-state index in [4.69, 9.17) is 4.74 Å². The van der Waals surface area contributed by atoms with Crippen LogP contribution in [0.25, 0.3) is 0 Å². The lowest BCUT2D eigenvalue weighted by Gasteiger charge is -2.20. The first kappa shape index (κ1) is 17.2. The predicted octanol–water partition coefficient (Wildman–Crippen LogP) is 1.23. The number of nitrogens with zero attached hydrogens (tertiary/aromatic N) is 1. The Hall–Kier alpha value is -1.67. The summed E-state index contributed by atoms with van der Waals surface area (Å²) in [5, 5.41) is 2.88. The maximum Gasteiger partial charge on any atom is 0.255 e. The zero-order valence-corrected chi connectivity index (χ0v) is 14.5. The zero-order chi connectivity index (χ0) is 17.5. The van der Waals surface area contributed by atoms with Crippen molar-refractivity contribution in [2.45, 2.75) is 18.9 Å². The van der Waals surface area contributed by atoms with Crippen LogP contribution in [-0.4, -0.2) is 51.1 Å². The van der Waals surface area contributed by atoms with Gasteiger partial charge in [0.05, 0.1) is 18.9 Å². The molecule has 1 amide bonds. The Labute approximate surface area is 141 Å². The molecule has 1 saturated heterocycles. The highest BCUT2D eigenvalue weighted by Crippen LogP contribution is 2.42. The molecule has 1 heterocycles. The highest BCUT2D eigenvalue weighted by Gasteiger charge is 2.45. The molecule has 1 aromatic carbocycles. The highest BCUT2D eigenvalue weighted by molar-refractivity contribution is 7.88. The molecule has 1 aromatic rings. The van der Waals surface area contributed by atoms with Gasteiger partial charge in [0.25, 0.3) is 5.91 Å². The summed E-state index contributed by atoms with van der Waals surface area (Å²) in [5.41, 5.74) is 0.116. The molecule has 0 radical (unpaired) electrons. The topological polar surface area (TPSA) is 75.7 Å². The van der Waals surface area contributed by atoms with Gasteiger partial charge in [-0.3, -0.25) is 4.79 Å². The van der Waals surface area contributed by atoms with Crippen LogP contribution in [0, 0.1) is 17.7 Å². The van der Waals surface area contributed by atoms with Crippen molar-refractivity contribution < 1.29 is 22.3 Å². The number of amides is 1. The van der Waals surface area contributed by atoms with Gasteiger partial charge in [-0.1, -0.05) is 0 Å². The third kappa shape index (κ3) is 3.54. The minimum Gasteiger partial charge on any atom is -0.496 e. The van der Waals surface area contributed by atoms with E-state index < -0.39 is 21.7 Å². The monoisotopic (exact) mass is 356 g/mol. The second kappa shape index (κ2) is 6.33. The molecule has 0 spiro atoms. The van der Waals surface area contributed by atoms with Crippen LogP contribution in [0.3, 0.4) is 0 Å². The fourth-order valence-electron chi connectivity index (χ4n) is 3.32. The Morgan fingerprint density at radius 1 is 1.33 bits per heavy atom. The number of methoxy groups -OCH3 is 1. The van der Waals surface area contributed by atoms with Crippen molar-refractivity contribution in [2.75, 3.05) is 26.5 Å². The lowest BCUT2D eigenvalue weighted by atomic mass is 9.97. The number of halogens is 1. The van der Waals surface area contributed by atoms with Crippen LogP contribution in [0.2, 0.25) is 0 Å². The number of carbonyl (C=O) groups excluding carboxylic acids is 1. The average molecular weight is 356 g/mol. The quantitative estimate of drug-likeness (QED) is 0.861. The first-order chi connectivity index (χ1) is 11.3. The maximum atomic E-state index is 13.5. The molecule has 1 N–H and O–H groups in total.